The van der Waals surface area contributed by atoms with Crippen LogP contribution in [0.2, 0.25) is 0 Å². The zero-order valence-corrected chi connectivity index (χ0v) is 10.8. The maximum absolute atomic E-state index is 10.6. The number of nitrogens with zero attached hydrogens (tertiary/aromatic N) is 1. The van der Waals surface area contributed by atoms with Gasteiger partial charge in [0.2, 0.25) is 0 Å². The van der Waals surface area contributed by atoms with Gasteiger partial charge in [0.25, 0.3) is 5.69 Å². The normalized spacial score (nSPS) is 30.0. The third kappa shape index (κ3) is 2.88. The Morgan fingerprint density at radius 2 is 2.05 bits per heavy atom. The minimum absolute atomic E-state index is 0.0337. The standard InChI is InChI=1S/C12H16N2O6/c1-6-4-7(14(18)19)2-3-8(6)13-12-11(17)10(16)9(15)5-20-12/h2-4,9-13,15-17H,5H2,1H3/t9-,10+,11+,12+/m0/s1. The highest BCUT2D eigenvalue weighted by molar-refractivity contribution is 5.55. The highest BCUT2D eigenvalue weighted by Gasteiger charge is 2.37. The lowest BCUT2D eigenvalue weighted by Gasteiger charge is -2.36. The Balaban J connectivity index is 2.12. The number of hydrogen-bond donors (Lipinski definition) is 4. The SMILES string of the molecule is Cc1cc([N+](=O)[O-])ccc1N[C@@H]1OC[C@H](O)[C@@H](O)[C@H]1O. The zero-order valence-electron chi connectivity index (χ0n) is 10.8. The van der Waals surface area contributed by atoms with Gasteiger partial charge in [-0.2, -0.15) is 0 Å². The summed E-state index contributed by atoms with van der Waals surface area (Å²) in [6.45, 7) is 1.57. The second-order valence-corrected chi connectivity index (χ2v) is 4.70. The summed E-state index contributed by atoms with van der Waals surface area (Å²) in [6.07, 6.45) is -4.64. The summed E-state index contributed by atoms with van der Waals surface area (Å²) in [4.78, 5) is 10.1. The molecule has 20 heavy (non-hydrogen) atoms. The number of ether oxygens (including phenoxy) is 1. The van der Waals surface area contributed by atoms with Crippen molar-refractivity contribution in [1.29, 1.82) is 0 Å². The van der Waals surface area contributed by atoms with E-state index >= 15 is 0 Å². The van der Waals surface area contributed by atoms with E-state index in [1.54, 1.807) is 6.92 Å². The highest BCUT2D eigenvalue weighted by atomic mass is 16.6. The molecule has 0 aromatic heterocycles. The molecule has 8 nitrogen and oxygen atoms in total. The van der Waals surface area contributed by atoms with Crippen molar-refractivity contribution in [2.45, 2.75) is 31.5 Å². The number of nitro groups is 1. The van der Waals surface area contributed by atoms with Crippen LogP contribution in [-0.2, 0) is 4.74 Å². The molecule has 1 aliphatic heterocycles. The van der Waals surface area contributed by atoms with Crippen LogP contribution in [0.15, 0.2) is 18.2 Å². The van der Waals surface area contributed by atoms with E-state index in [0.29, 0.717) is 11.3 Å². The molecular formula is C12H16N2O6. The van der Waals surface area contributed by atoms with Gasteiger partial charge in [-0.25, -0.2) is 0 Å². The summed E-state index contributed by atoms with van der Waals surface area (Å²) < 4.78 is 5.20. The fourth-order valence-corrected chi connectivity index (χ4v) is 2.01. The van der Waals surface area contributed by atoms with E-state index in [2.05, 4.69) is 5.32 Å². The van der Waals surface area contributed by atoms with E-state index in [-0.39, 0.29) is 12.3 Å². The highest BCUT2D eigenvalue weighted by Crippen LogP contribution is 2.24. The van der Waals surface area contributed by atoms with Crippen LogP contribution < -0.4 is 5.32 Å². The van der Waals surface area contributed by atoms with Gasteiger partial charge in [0.05, 0.1) is 11.5 Å². The number of aliphatic hydroxyl groups is 3. The molecule has 0 aliphatic carbocycles. The van der Waals surface area contributed by atoms with Crippen LogP contribution in [0.3, 0.4) is 0 Å². The fraction of sp³-hybridized carbons (Fsp3) is 0.500. The molecule has 0 bridgehead atoms. The average Bonchev–Trinajstić information content (AvgIpc) is 2.41. The van der Waals surface area contributed by atoms with Crippen molar-refractivity contribution >= 4 is 11.4 Å². The first-order valence-electron chi connectivity index (χ1n) is 6.07. The predicted octanol–water partition coefficient (Wildman–Crippen LogP) is -0.246. The molecule has 4 N–H and O–H groups in total. The van der Waals surface area contributed by atoms with Gasteiger partial charge in [0, 0.05) is 17.8 Å². The molecule has 0 amide bonds. The number of nitrogens with one attached hydrogen (secondary N) is 1. The monoisotopic (exact) mass is 284 g/mol. The summed E-state index contributed by atoms with van der Waals surface area (Å²) in [7, 11) is 0. The molecule has 1 aromatic carbocycles. The molecule has 0 saturated carbocycles. The van der Waals surface area contributed by atoms with E-state index in [4.69, 9.17) is 4.74 Å². The Morgan fingerprint density at radius 3 is 2.65 bits per heavy atom. The van der Waals surface area contributed by atoms with Crippen molar-refractivity contribution in [3.8, 4) is 0 Å². The van der Waals surface area contributed by atoms with Crippen LogP contribution in [0, 0.1) is 17.0 Å². The van der Waals surface area contributed by atoms with Crippen molar-refractivity contribution in [1.82, 2.24) is 0 Å². The molecule has 0 unspecified atom stereocenters. The lowest BCUT2D eigenvalue weighted by molar-refractivity contribution is -0.384. The van der Waals surface area contributed by atoms with E-state index in [1.807, 2.05) is 0 Å². The number of anilines is 1. The Hall–Kier alpha value is -1.74. The quantitative estimate of drug-likeness (QED) is 0.445. The summed E-state index contributed by atoms with van der Waals surface area (Å²) >= 11 is 0. The zero-order chi connectivity index (χ0) is 14.9. The molecule has 110 valence electrons. The lowest BCUT2D eigenvalue weighted by atomic mass is 10.0. The first kappa shape index (κ1) is 14.7. The molecule has 1 aromatic rings. The fourth-order valence-electron chi connectivity index (χ4n) is 2.01. The summed E-state index contributed by atoms with van der Waals surface area (Å²) in [5.41, 5.74) is 1.12. The largest absolute Gasteiger partial charge is 0.388 e. The molecule has 1 heterocycles. The predicted molar refractivity (Wildman–Crippen MR) is 69.2 cm³/mol. The Morgan fingerprint density at radius 1 is 1.35 bits per heavy atom. The molecule has 0 spiro atoms. The number of aliphatic hydroxyl groups excluding tert-OH is 3. The van der Waals surface area contributed by atoms with Crippen LogP contribution in [0.25, 0.3) is 0 Å². The second kappa shape index (κ2) is 5.71. The van der Waals surface area contributed by atoms with Gasteiger partial charge in [-0.3, -0.25) is 10.1 Å². The number of non-ortho nitro benzene ring substituents is 1. The maximum atomic E-state index is 10.6. The number of rotatable bonds is 3. The van der Waals surface area contributed by atoms with Gasteiger partial charge in [0.15, 0.2) is 6.23 Å². The van der Waals surface area contributed by atoms with Crippen LogP contribution in [0.4, 0.5) is 11.4 Å². The molecule has 1 fully saturated rings. The number of aryl methyl sites for hydroxylation is 1. The first-order chi connectivity index (χ1) is 9.40. The smallest absolute Gasteiger partial charge is 0.269 e. The van der Waals surface area contributed by atoms with E-state index in [0.717, 1.165) is 0 Å². The van der Waals surface area contributed by atoms with Crippen LogP contribution in [-0.4, -0.2) is 51.4 Å². The second-order valence-electron chi connectivity index (χ2n) is 4.70. The number of nitro benzene ring substituents is 1. The Bertz CT molecular complexity index is 509. The molecule has 0 radical (unpaired) electrons. The Labute approximate surface area is 114 Å². The molecule has 1 aliphatic rings. The molecule has 8 heteroatoms. The van der Waals surface area contributed by atoms with Gasteiger partial charge in [-0.1, -0.05) is 0 Å². The minimum Gasteiger partial charge on any atom is -0.388 e. The van der Waals surface area contributed by atoms with E-state index < -0.39 is 29.5 Å². The third-order valence-corrected chi connectivity index (χ3v) is 3.22. The van der Waals surface area contributed by atoms with Crippen LogP contribution in [0.5, 0.6) is 0 Å². The summed E-state index contributed by atoms with van der Waals surface area (Å²) in [6, 6.07) is 4.22. The maximum Gasteiger partial charge on any atom is 0.269 e. The van der Waals surface area contributed by atoms with Gasteiger partial charge in [-0.15, -0.1) is 0 Å². The van der Waals surface area contributed by atoms with Gasteiger partial charge >= 0.3 is 0 Å². The van der Waals surface area contributed by atoms with Crippen molar-refractivity contribution in [2.24, 2.45) is 0 Å². The third-order valence-electron chi connectivity index (χ3n) is 3.22. The van der Waals surface area contributed by atoms with Crippen molar-refractivity contribution in [3.63, 3.8) is 0 Å². The van der Waals surface area contributed by atoms with Crippen molar-refractivity contribution < 1.29 is 25.0 Å². The van der Waals surface area contributed by atoms with Gasteiger partial charge in [-0.05, 0) is 18.6 Å². The van der Waals surface area contributed by atoms with Crippen molar-refractivity contribution in [3.05, 3.63) is 33.9 Å². The summed E-state index contributed by atoms with van der Waals surface area (Å²) in [5, 5.41) is 42.2. The topological polar surface area (TPSA) is 125 Å². The van der Waals surface area contributed by atoms with Gasteiger partial charge < -0.3 is 25.4 Å². The molecular weight excluding hydrogens is 268 g/mol. The average molecular weight is 284 g/mol. The van der Waals surface area contributed by atoms with Crippen LogP contribution >= 0.6 is 0 Å². The molecule has 2 rings (SSSR count). The Kier molecular flexibility index (Phi) is 4.19. The number of hydrogen-bond acceptors (Lipinski definition) is 7. The molecule has 4 atom stereocenters. The van der Waals surface area contributed by atoms with Gasteiger partial charge in [0.1, 0.15) is 18.3 Å². The summed E-state index contributed by atoms with van der Waals surface area (Å²) in [5.74, 6) is 0. The minimum atomic E-state index is -1.31. The first-order valence-corrected chi connectivity index (χ1v) is 6.07. The number of benzene rings is 1. The van der Waals surface area contributed by atoms with E-state index in [9.17, 15) is 25.4 Å². The van der Waals surface area contributed by atoms with Crippen LogP contribution in [0.1, 0.15) is 5.56 Å². The van der Waals surface area contributed by atoms with Crippen molar-refractivity contribution in [2.75, 3.05) is 11.9 Å². The lowest BCUT2D eigenvalue weighted by Crippen LogP contribution is -2.55. The molecule has 1 saturated heterocycles. The van der Waals surface area contributed by atoms with E-state index in [1.165, 1.54) is 18.2 Å².